The summed E-state index contributed by atoms with van der Waals surface area (Å²) in [6.07, 6.45) is 1.42. The number of halogens is 1. The minimum atomic E-state index is 0.530. The lowest BCUT2D eigenvalue weighted by Crippen LogP contribution is -2.15. The van der Waals surface area contributed by atoms with Gasteiger partial charge in [0.25, 0.3) is 0 Å². The molecule has 0 aromatic carbocycles. The second-order valence-corrected chi connectivity index (χ2v) is 3.85. The van der Waals surface area contributed by atoms with Gasteiger partial charge in [0.1, 0.15) is 16.6 Å². The van der Waals surface area contributed by atoms with E-state index in [-0.39, 0.29) is 0 Å². The first-order valence-electron chi connectivity index (χ1n) is 5.07. The Morgan fingerprint density at radius 1 is 1.29 bits per heavy atom. The van der Waals surface area contributed by atoms with Crippen LogP contribution in [0.4, 0.5) is 11.6 Å². The number of ether oxygens (including phenoxy) is 2. The second kappa shape index (κ2) is 8.18. The number of aromatic nitrogens is 2. The van der Waals surface area contributed by atoms with Crippen molar-refractivity contribution in [2.75, 3.05) is 44.2 Å². The van der Waals surface area contributed by atoms with Gasteiger partial charge >= 0.3 is 0 Å². The highest BCUT2D eigenvalue weighted by Crippen LogP contribution is 2.25. The number of hydrogen-bond donors (Lipinski definition) is 3. The molecular weight excluding hydrogens is 290 g/mol. The molecule has 0 aliphatic carbocycles. The fourth-order valence-corrected chi connectivity index (χ4v) is 1.54. The fraction of sp³-hybridized carbons (Fsp3) is 0.556. The predicted octanol–water partition coefficient (Wildman–Crippen LogP) is 0.600. The van der Waals surface area contributed by atoms with E-state index in [1.165, 1.54) is 6.33 Å². The Balaban J connectivity index is 2.31. The Bertz CT molecular complexity index is 339. The maximum absolute atomic E-state index is 5.31. The molecule has 0 saturated carbocycles. The van der Waals surface area contributed by atoms with Crippen LogP contribution in [0.1, 0.15) is 0 Å². The molecule has 1 aromatic heterocycles. The zero-order valence-corrected chi connectivity index (χ0v) is 11.2. The Morgan fingerprint density at radius 2 is 2.06 bits per heavy atom. The van der Waals surface area contributed by atoms with Gasteiger partial charge in [0, 0.05) is 13.7 Å². The van der Waals surface area contributed by atoms with Crippen LogP contribution in [0.2, 0.25) is 0 Å². The number of nitrogens with two attached hydrogens (primary N) is 1. The van der Waals surface area contributed by atoms with Crippen molar-refractivity contribution < 1.29 is 9.47 Å². The standard InChI is InChI=1S/C9H16BrN5O2/c1-16-4-5-17-3-2-12-8-7(10)9(15-11)14-6-13-8/h6H,2-5,11H2,1H3,(H2,12,13,14,15). The lowest BCUT2D eigenvalue weighted by molar-refractivity contribution is 0.0759. The number of anilines is 2. The smallest absolute Gasteiger partial charge is 0.159 e. The zero-order chi connectivity index (χ0) is 12.5. The molecule has 17 heavy (non-hydrogen) atoms. The summed E-state index contributed by atoms with van der Waals surface area (Å²) in [6.45, 7) is 2.39. The third-order valence-corrected chi connectivity index (χ3v) is 2.65. The van der Waals surface area contributed by atoms with E-state index in [0.717, 1.165) is 0 Å². The molecule has 0 saturated heterocycles. The molecule has 1 rings (SSSR count). The summed E-state index contributed by atoms with van der Waals surface area (Å²) in [5, 5.41) is 3.11. The molecule has 0 aliphatic rings. The monoisotopic (exact) mass is 305 g/mol. The van der Waals surface area contributed by atoms with Gasteiger partial charge in [-0.2, -0.15) is 0 Å². The fourth-order valence-electron chi connectivity index (χ4n) is 1.08. The molecule has 8 heteroatoms. The van der Waals surface area contributed by atoms with E-state index in [2.05, 4.69) is 36.6 Å². The van der Waals surface area contributed by atoms with Gasteiger partial charge < -0.3 is 20.2 Å². The van der Waals surface area contributed by atoms with Crippen LogP contribution >= 0.6 is 15.9 Å². The van der Waals surface area contributed by atoms with Gasteiger partial charge in [-0.1, -0.05) is 0 Å². The summed E-state index contributed by atoms with van der Waals surface area (Å²) >= 11 is 3.34. The largest absolute Gasteiger partial charge is 0.382 e. The number of methoxy groups -OCH3 is 1. The van der Waals surface area contributed by atoms with Gasteiger partial charge in [0.2, 0.25) is 0 Å². The predicted molar refractivity (Wildman–Crippen MR) is 68.7 cm³/mol. The van der Waals surface area contributed by atoms with Crippen LogP contribution in [-0.2, 0) is 9.47 Å². The Labute approximate surface area is 108 Å². The summed E-state index contributed by atoms with van der Waals surface area (Å²) < 4.78 is 10.9. The van der Waals surface area contributed by atoms with Crippen LogP contribution in [0.5, 0.6) is 0 Å². The lowest BCUT2D eigenvalue weighted by Gasteiger charge is -2.09. The van der Waals surface area contributed by atoms with Crippen molar-refractivity contribution in [1.82, 2.24) is 9.97 Å². The number of hydrazine groups is 1. The summed E-state index contributed by atoms with van der Waals surface area (Å²) in [4.78, 5) is 8.02. The molecule has 0 radical (unpaired) electrons. The number of rotatable bonds is 8. The van der Waals surface area contributed by atoms with Crippen LogP contribution < -0.4 is 16.6 Å². The summed E-state index contributed by atoms with van der Waals surface area (Å²) in [7, 11) is 1.64. The quantitative estimate of drug-likeness (QED) is 0.368. The van der Waals surface area contributed by atoms with Crippen molar-refractivity contribution in [2.24, 2.45) is 5.84 Å². The number of nitrogens with zero attached hydrogens (tertiary/aromatic N) is 2. The van der Waals surface area contributed by atoms with Crippen molar-refractivity contribution >= 4 is 27.6 Å². The topological polar surface area (TPSA) is 94.3 Å². The second-order valence-electron chi connectivity index (χ2n) is 3.06. The van der Waals surface area contributed by atoms with Gasteiger partial charge in [0.05, 0.1) is 19.8 Å². The molecule has 0 aliphatic heterocycles. The highest BCUT2D eigenvalue weighted by molar-refractivity contribution is 9.10. The van der Waals surface area contributed by atoms with Crippen molar-refractivity contribution in [3.63, 3.8) is 0 Å². The Kier molecular flexibility index (Phi) is 6.78. The van der Waals surface area contributed by atoms with Gasteiger partial charge in [-0.3, -0.25) is 0 Å². The first-order chi connectivity index (χ1) is 8.29. The first-order valence-corrected chi connectivity index (χ1v) is 5.86. The van der Waals surface area contributed by atoms with Gasteiger partial charge in [-0.25, -0.2) is 15.8 Å². The maximum atomic E-state index is 5.31. The molecule has 0 fully saturated rings. The molecule has 7 nitrogen and oxygen atoms in total. The van der Waals surface area contributed by atoms with E-state index in [9.17, 15) is 0 Å². The molecule has 0 bridgehead atoms. The van der Waals surface area contributed by atoms with E-state index in [0.29, 0.717) is 42.5 Å². The molecule has 4 N–H and O–H groups in total. The summed E-state index contributed by atoms with van der Waals surface area (Å²) in [5.74, 6) is 6.49. The molecule has 0 spiro atoms. The average Bonchev–Trinajstić information content (AvgIpc) is 2.35. The van der Waals surface area contributed by atoms with Gasteiger partial charge in [0.15, 0.2) is 5.82 Å². The minimum Gasteiger partial charge on any atom is -0.382 e. The van der Waals surface area contributed by atoms with Crippen LogP contribution in [0.3, 0.4) is 0 Å². The molecule has 1 heterocycles. The third-order valence-electron chi connectivity index (χ3n) is 1.90. The summed E-state index contributed by atoms with van der Waals surface area (Å²) in [5.41, 5.74) is 2.47. The average molecular weight is 306 g/mol. The SMILES string of the molecule is COCCOCCNc1ncnc(NN)c1Br. The number of nitrogen functional groups attached to an aromatic ring is 1. The van der Waals surface area contributed by atoms with E-state index < -0.39 is 0 Å². The molecule has 0 amide bonds. The summed E-state index contributed by atoms with van der Waals surface area (Å²) in [6, 6.07) is 0. The van der Waals surface area contributed by atoms with E-state index in [1.807, 2.05) is 0 Å². The van der Waals surface area contributed by atoms with E-state index >= 15 is 0 Å². The van der Waals surface area contributed by atoms with Crippen LogP contribution in [-0.4, -0.2) is 43.4 Å². The molecular formula is C9H16BrN5O2. The number of nitrogens with one attached hydrogen (secondary N) is 2. The van der Waals surface area contributed by atoms with Crippen LogP contribution in [0.15, 0.2) is 10.8 Å². The Hall–Kier alpha value is -0.960. The molecule has 96 valence electrons. The van der Waals surface area contributed by atoms with Crippen molar-refractivity contribution in [2.45, 2.75) is 0 Å². The van der Waals surface area contributed by atoms with Crippen molar-refractivity contribution in [1.29, 1.82) is 0 Å². The molecule has 0 unspecified atom stereocenters. The van der Waals surface area contributed by atoms with Crippen molar-refractivity contribution in [3.8, 4) is 0 Å². The molecule has 0 atom stereocenters. The van der Waals surface area contributed by atoms with E-state index in [4.69, 9.17) is 15.3 Å². The third kappa shape index (κ3) is 4.82. The highest BCUT2D eigenvalue weighted by Gasteiger charge is 2.06. The van der Waals surface area contributed by atoms with Gasteiger partial charge in [-0.15, -0.1) is 0 Å². The first kappa shape index (κ1) is 14.1. The van der Waals surface area contributed by atoms with Crippen LogP contribution in [0, 0.1) is 0 Å². The zero-order valence-electron chi connectivity index (χ0n) is 9.57. The van der Waals surface area contributed by atoms with E-state index in [1.54, 1.807) is 7.11 Å². The van der Waals surface area contributed by atoms with Gasteiger partial charge in [-0.05, 0) is 15.9 Å². The molecule has 1 aromatic rings. The maximum Gasteiger partial charge on any atom is 0.159 e. The minimum absolute atomic E-state index is 0.530. The lowest BCUT2D eigenvalue weighted by atomic mass is 10.5. The van der Waals surface area contributed by atoms with Crippen molar-refractivity contribution in [3.05, 3.63) is 10.8 Å². The highest BCUT2D eigenvalue weighted by atomic mass is 79.9. The van der Waals surface area contributed by atoms with Crippen LogP contribution in [0.25, 0.3) is 0 Å². The normalized spacial score (nSPS) is 10.3. The Morgan fingerprint density at radius 3 is 2.76 bits per heavy atom. The number of hydrogen-bond acceptors (Lipinski definition) is 7.